The predicted octanol–water partition coefficient (Wildman–Crippen LogP) is 3.04. The van der Waals surface area contributed by atoms with E-state index in [0.717, 1.165) is 37.0 Å². The third-order valence-electron chi connectivity index (χ3n) is 4.91. The fourth-order valence-electron chi connectivity index (χ4n) is 3.35. The molecule has 5 nitrogen and oxygen atoms in total. The summed E-state index contributed by atoms with van der Waals surface area (Å²) in [6, 6.07) is 14.5. The summed E-state index contributed by atoms with van der Waals surface area (Å²) in [5.41, 5.74) is 0.362. The van der Waals surface area contributed by atoms with Crippen LogP contribution >= 0.6 is 11.3 Å². The molecule has 1 aromatic heterocycles. The van der Waals surface area contributed by atoms with E-state index >= 15 is 0 Å². The fourth-order valence-corrected chi connectivity index (χ4v) is 4.13. The lowest BCUT2D eigenvalue weighted by Crippen LogP contribution is -2.41. The monoisotopic (exact) mass is 386 g/mol. The van der Waals surface area contributed by atoms with Crippen molar-refractivity contribution in [3.63, 3.8) is 0 Å². The Kier molecular flexibility index (Phi) is 6.74. The van der Waals surface area contributed by atoms with Gasteiger partial charge in [-0.1, -0.05) is 24.3 Å². The standard InChI is InChI=1S/C21H30N4OS/c1-3-22-20(24-16-21(2,26)19-10-7-13-27-19)23-14-17-11-12-25(15-17)18-8-5-4-6-9-18/h4-10,13,17,26H,3,11-12,14-16H2,1-2H3,(H2,22,23,24). The number of anilines is 1. The highest BCUT2D eigenvalue weighted by Crippen LogP contribution is 2.25. The Labute approximate surface area is 166 Å². The molecule has 2 unspecified atom stereocenters. The molecule has 1 aliphatic heterocycles. The molecule has 27 heavy (non-hydrogen) atoms. The summed E-state index contributed by atoms with van der Waals surface area (Å²) in [7, 11) is 0. The lowest BCUT2D eigenvalue weighted by molar-refractivity contribution is 0.0711. The van der Waals surface area contributed by atoms with E-state index in [1.165, 1.54) is 12.1 Å². The van der Waals surface area contributed by atoms with E-state index in [-0.39, 0.29) is 0 Å². The third kappa shape index (κ3) is 5.47. The van der Waals surface area contributed by atoms with E-state index in [2.05, 4.69) is 57.8 Å². The van der Waals surface area contributed by atoms with Gasteiger partial charge in [-0.3, -0.25) is 0 Å². The Bertz CT molecular complexity index is 715. The smallest absolute Gasteiger partial charge is 0.191 e. The van der Waals surface area contributed by atoms with E-state index in [0.29, 0.717) is 12.5 Å². The Morgan fingerprint density at radius 3 is 2.78 bits per heavy atom. The number of hydrogen-bond acceptors (Lipinski definition) is 4. The first-order valence-corrected chi connectivity index (χ1v) is 10.5. The summed E-state index contributed by atoms with van der Waals surface area (Å²) in [5, 5.41) is 19.4. The SMILES string of the molecule is CCNC(=NCC(C)(O)c1cccs1)NCC1CCN(c2ccccc2)C1. The topological polar surface area (TPSA) is 59.9 Å². The molecule has 3 rings (SSSR count). The lowest BCUT2D eigenvalue weighted by Gasteiger charge is -2.21. The van der Waals surface area contributed by atoms with Gasteiger partial charge in [-0.15, -0.1) is 11.3 Å². The summed E-state index contributed by atoms with van der Waals surface area (Å²) in [5.74, 6) is 1.36. The van der Waals surface area contributed by atoms with Gasteiger partial charge in [0.15, 0.2) is 5.96 Å². The number of para-hydroxylation sites is 1. The minimum Gasteiger partial charge on any atom is -0.383 e. The van der Waals surface area contributed by atoms with Crippen molar-refractivity contribution in [2.24, 2.45) is 10.9 Å². The Morgan fingerprint density at radius 1 is 1.26 bits per heavy atom. The van der Waals surface area contributed by atoms with Gasteiger partial charge in [0.1, 0.15) is 5.60 Å². The maximum Gasteiger partial charge on any atom is 0.191 e. The van der Waals surface area contributed by atoms with Crippen molar-refractivity contribution in [3.05, 3.63) is 52.7 Å². The van der Waals surface area contributed by atoms with Crippen molar-refractivity contribution in [2.45, 2.75) is 25.9 Å². The van der Waals surface area contributed by atoms with Gasteiger partial charge in [-0.2, -0.15) is 0 Å². The molecule has 146 valence electrons. The Balaban J connectivity index is 1.52. The second kappa shape index (κ2) is 9.24. The van der Waals surface area contributed by atoms with Crippen LogP contribution in [-0.2, 0) is 5.60 Å². The molecule has 0 radical (unpaired) electrons. The first-order chi connectivity index (χ1) is 13.1. The van der Waals surface area contributed by atoms with Gasteiger partial charge in [-0.05, 0) is 49.8 Å². The summed E-state index contributed by atoms with van der Waals surface area (Å²) < 4.78 is 0. The van der Waals surface area contributed by atoms with Gasteiger partial charge in [0.05, 0.1) is 6.54 Å². The Morgan fingerprint density at radius 2 is 2.07 bits per heavy atom. The lowest BCUT2D eigenvalue weighted by atomic mass is 10.1. The second-order valence-corrected chi connectivity index (χ2v) is 8.21. The molecule has 1 aliphatic rings. The van der Waals surface area contributed by atoms with Crippen LogP contribution in [-0.4, -0.2) is 43.8 Å². The molecule has 1 aromatic carbocycles. The van der Waals surface area contributed by atoms with Crippen molar-refractivity contribution < 1.29 is 5.11 Å². The molecule has 6 heteroatoms. The summed E-state index contributed by atoms with van der Waals surface area (Å²) >= 11 is 1.56. The first kappa shape index (κ1) is 19.7. The summed E-state index contributed by atoms with van der Waals surface area (Å²) in [4.78, 5) is 8.00. The number of nitrogens with one attached hydrogen (secondary N) is 2. The zero-order valence-electron chi connectivity index (χ0n) is 16.2. The van der Waals surface area contributed by atoms with Crippen LogP contribution < -0.4 is 15.5 Å². The van der Waals surface area contributed by atoms with Crippen molar-refractivity contribution in [2.75, 3.05) is 37.6 Å². The van der Waals surface area contributed by atoms with Crippen LogP contribution in [0.3, 0.4) is 0 Å². The predicted molar refractivity (Wildman–Crippen MR) is 115 cm³/mol. The van der Waals surface area contributed by atoms with E-state index in [4.69, 9.17) is 0 Å². The van der Waals surface area contributed by atoms with Gasteiger partial charge in [0.2, 0.25) is 0 Å². The molecule has 0 bridgehead atoms. The number of guanidine groups is 1. The van der Waals surface area contributed by atoms with Gasteiger partial charge in [0.25, 0.3) is 0 Å². The van der Waals surface area contributed by atoms with Crippen LogP contribution in [0.1, 0.15) is 25.1 Å². The quantitative estimate of drug-likeness (QED) is 0.506. The molecule has 2 aromatic rings. The van der Waals surface area contributed by atoms with Crippen LogP contribution in [0.5, 0.6) is 0 Å². The molecule has 0 aliphatic carbocycles. The number of hydrogen-bond donors (Lipinski definition) is 3. The van der Waals surface area contributed by atoms with Crippen LogP contribution in [0, 0.1) is 5.92 Å². The average Bonchev–Trinajstić information content (AvgIpc) is 3.37. The summed E-state index contributed by atoms with van der Waals surface area (Å²) in [6.07, 6.45) is 1.17. The largest absolute Gasteiger partial charge is 0.383 e. The second-order valence-electron chi connectivity index (χ2n) is 7.26. The maximum absolute atomic E-state index is 10.7. The number of aliphatic imine (C=N–C) groups is 1. The minimum absolute atomic E-state index is 0.337. The molecule has 2 heterocycles. The summed E-state index contributed by atoms with van der Waals surface area (Å²) in [6.45, 7) is 8.05. The van der Waals surface area contributed by atoms with Crippen LogP contribution in [0.4, 0.5) is 5.69 Å². The van der Waals surface area contributed by atoms with E-state index in [1.54, 1.807) is 11.3 Å². The normalized spacial score (nSPS) is 19.7. The highest BCUT2D eigenvalue weighted by molar-refractivity contribution is 7.10. The van der Waals surface area contributed by atoms with Crippen molar-refractivity contribution in [3.8, 4) is 0 Å². The molecular formula is C21H30N4OS. The zero-order chi connectivity index (χ0) is 19.1. The first-order valence-electron chi connectivity index (χ1n) is 9.67. The van der Waals surface area contributed by atoms with E-state index in [9.17, 15) is 5.11 Å². The maximum atomic E-state index is 10.7. The minimum atomic E-state index is -0.937. The molecule has 1 saturated heterocycles. The molecule has 0 amide bonds. The van der Waals surface area contributed by atoms with E-state index in [1.807, 2.05) is 24.4 Å². The average molecular weight is 387 g/mol. The number of benzene rings is 1. The molecule has 2 atom stereocenters. The Hall–Kier alpha value is -2.05. The zero-order valence-corrected chi connectivity index (χ0v) is 17.0. The van der Waals surface area contributed by atoms with Crippen LogP contribution in [0.2, 0.25) is 0 Å². The molecule has 3 N–H and O–H groups in total. The number of thiophene rings is 1. The number of aliphatic hydroxyl groups is 1. The van der Waals surface area contributed by atoms with Gasteiger partial charge in [-0.25, -0.2) is 4.99 Å². The molecule has 0 spiro atoms. The highest BCUT2D eigenvalue weighted by atomic mass is 32.1. The molecule has 1 fully saturated rings. The van der Waals surface area contributed by atoms with Crippen LogP contribution in [0.25, 0.3) is 0 Å². The van der Waals surface area contributed by atoms with Gasteiger partial charge in [0, 0.05) is 36.7 Å². The van der Waals surface area contributed by atoms with E-state index < -0.39 is 5.60 Å². The van der Waals surface area contributed by atoms with Crippen molar-refractivity contribution in [1.82, 2.24) is 10.6 Å². The van der Waals surface area contributed by atoms with Crippen LogP contribution in [0.15, 0.2) is 52.8 Å². The third-order valence-corrected chi connectivity index (χ3v) is 6.03. The number of rotatable bonds is 7. The van der Waals surface area contributed by atoms with Gasteiger partial charge >= 0.3 is 0 Å². The molecule has 0 saturated carbocycles. The highest BCUT2D eigenvalue weighted by Gasteiger charge is 2.25. The van der Waals surface area contributed by atoms with Crippen molar-refractivity contribution >= 4 is 23.0 Å². The number of nitrogens with zero attached hydrogens (tertiary/aromatic N) is 2. The van der Waals surface area contributed by atoms with Crippen molar-refractivity contribution in [1.29, 1.82) is 0 Å². The fraction of sp³-hybridized carbons (Fsp3) is 0.476. The molecular weight excluding hydrogens is 356 g/mol. The van der Waals surface area contributed by atoms with Gasteiger partial charge < -0.3 is 20.6 Å².